The van der Waals surface area contributed by atoms with Crippen LogP contribution in [0.5, 0.6) is 5.75 Å². The number of ether oxygens (including phenoxy) is 2. The van der Waals surface area contributed by atoms with E-state index < -0.39 is 6.10 Å². The molecule has 2 rings (SSSR count). The van der Waals surface area contributed by atoms with Crippen LogP contribution in [0.1, 0.15) is 6.42 Å². The van der Waals surface area contributed by atoms with Crippen LogP contribution in [0.15, 0.2) is 12.1 Å². The average molecular weight is 262 g/mol. The van der Waals surface area contributed by atoms with E-state index in [1.165, 1.54) is 12.1 Å². The number of hydrogen-bond donors (Lipinski definition) is 1. The summed E-state index contributed by atoms with van der Waals surface area (Å²) in [7, 11) is 0. The zero-order chi connectivity index (χ0) is 11.7. The maximum absolute atomic E-state index is 11.2. The molecule has 1 saturated heterocycles. The van der Waals surface area contributed by atoms with E-state index in [2.05, 4.69) is 0 Å². The predicted octanol–water partition coefficient (Wildman–Crippen LogP) is 2.27. The fourth-order valence-electron chi connectivity index (χ4n) is 1.38. The van der Waals surface area contributed by atoms with E-state index in [1.54, 1.807) is 0 Å². The number of rotatable bonds is 2. The minimum absolute atomic E-state index is 0.331. The summed E-state index contributed by atoms with van der Waals surface area (Å²) in [4.78, 5) is 11.2. The topological polar surface area (TPSA) is 61.6 Å². The van der Waals surface area contributed by atoms with Crippen LogP contribution in [0.3, 0.4) is 0 Å². The van der Waals surface area contributed by atoms with Gasteiger partial charge in [0, 0.05) is 12.5 Å². The summed E-state index contributed by atoms with van der Waals surface area (Å²) in [6.45, 7) is 0.366. The molecule has 0 saturated carbocycles. The second kappa shape index (κ2) is 4.39. The van der Waals surface area contributed by atoms with Gasteiger partial charge in [-0.2, -0.15) is 0 Å². The van der Waals surface area contributed by atoms with Crippen molar-refractivity contribution < 1.29 is 14.3 Å². The Bertz CT molecular complexity index is 436. The van der Waals surface area contributed by atoms with Gasteiger partial charge in [-0.3, -0.25) is 0 Å². The van der Waals surface area contributed by atoms with E-state index in [4.69, 9.17) is 38.4 Å². The fraction of sp³-hybridized carbons (Fsp3) is 0.300. The van der Waals surface area contributed by atoms with Gasteiger partial charge in [-0.05, 0) is 6.07 Å². The van der Waals surface area contributed by atoms with E-state index >= 15 is 0 Å². The Hall–Kier alpha value is -1.13. The first-order chi connectivity index (χ1) is 7.58. The lowest BCUT2D eigenvalue weighted by Crippen LogP contribution is -2.22. The average Bonchev–Trinajstić information content (AvgIpc) is 2.61. The van der Waals surface area contributed by atoms with Crippen LogP contribution in [0.25, 0.3) is 0 Å². The Morgan fingerprint density at radius 3 is 2.69 bits per heavy atom. The van der Waals surface area contributed by atoms with Crippen molar-refractivity contribution >= 4 is 34.9 Å². The van der Waals surface area contributed by atoms with Crippen molar-refractivity contribution in [2.75, 3.05) is 12.3 Å². The highest BCUT2D eigenvalue weighted by molar-refractivity contribution is 6.42. The molecule has 4 nitrogen and oxygen atoms in total. The second-order valence-corrected chi connectivity index (χ2v) is 4.18. The summed E-state index contributed by atoms with van der Waals surface area (Å²) in [5, 5.41) is 0.678. The molecule has 1 heterocycles. The molecule has 1 aliphatic rings. The molecule has 6 heteroatoms. The number of nitrogens with two attached hydrogens (primary N) is 1. The zero-order valence-electron chi connectivity index (χ0n) is 8.20. The highest BCUT2D eigenvalue weighted by Gasteiger charge is 2.29. The smallest absolute Gasteiger partial charge is 0.347 e. The third-order valence-electron chi connectivity index (χ3n) is 2.21. The largest absolute Gasteiger partial charge is 0.476 e. The molecule has 0 aromatic heterocycles. The quantitative estimate of drug-likeness (QED) is 0.656. The Labute approximate surface area is 102 Å². The summed E-state index contributed by atoms with van der Waals surface area (Å²) in [6.07, 6.45) is -0.0991. The third-order valence-corrected chi connectivity index (χ3v) is 2.93. The molecule has 2 N–H and O–H groups in total. The molecule has 1 fully saturated rings. The first-order valence-corrected chi connectivity index (χ1v) is 5.41. The number of carbonyl (C=O) groups is 1. The van der Waals surface area contributed by atoms with Crippen molar-refractivity contribution in [2.45, 2.75) is 12.5 Å². The second-order valence-electron chi connectivity index (χ2n) is 3.37. The van der Waals surface area contributed by atoms with Crippen LogP contribution in [-0.2, 0) is 9.53 Å². The Balaban J connectivity index is 2.21. The molecule has 0 spiro atoms. The van der Waals surface area contributed by atoms with Gasteiger partial charge in [0.05, 0.1) is 22.3 Å². The molecule has 86 valence electrons. The molecule has 0 radical (unpaired) electrons. The molecule has 1 atom stereocenters. The molecule has 1 unspecified atom stereocenters. The van der Waals surface area contributed by atoms with Crippen LogP contribution < -0.4 is 10.5 Å². The lowest BCUT2D eigenvalue weighted by molar-refractivity contribution is -0.143. The van der Waals surface area contributed by atoms with Gasteiger partial charge in [-0.25, -0.2) is 4.79 Å². The van der Waals surface area contributed by atoms with Gasteiger partial charge in [0.1, 0.15) is 5.75 Å². The number of hydrogen-bond acceptors (Lipinski definition) is 4. The lowest BCUT2D eigenvalue weighted by atomic mass is 10.2. The normalized spacial score (nSPS) is 19.6. The summed E-state index contributed by atoms with van der Waals surface area (Å²) in [5.41, 5.74) is 6.04. The fourth-order valence-corrected chi connectivity index (χ4v) is 1.71. The zero-order valence-corrected chi connectivity index (χ0v) is 9.72. The number of esters is 1. The number of cyclic esters (lactones) is 1. The van der Waals surface area contributed by atoms with Crippen LogP contribution in [-0.4, -0.2) is 18.7 Å². The van der Waals surface area contributed by atoms with Crippen molar-refractivity contribution in [3.8, 4) is 5.75 Å². The monoisotopic (exact) mass is 261 g/mol. The Morgan fingerprint density at radius 2 is 2.06 bits per heavy atom. The number of carbonyl (C=O) groups excluding carboxylic acids is 1. The highest BCUT2D eigenvalue weighted by Crippen LogP contribution is 2.33. The molecule has 1 aromatic rings. The molecule has 0 amide bonds. The van der Waals surface area contributed by atoms with E-state index in [1.807, 2.05) is 0 Å². The summed E-state index contributed by atoms with van der Waals surface area (Å²) in [6, 6.07) is 2.98. The molecule has 16 heavy (non-hydrogen) atoms. The number of halogens is 2. The van der Waals surface area contributed by atoms with Gasteiger partial charge in [0.25, 0.3) is 0 Å². The number of anilines is 1. The molecule has 0 bridgehead atoms. The molecule has 1 aliphatic heterocycles. The van der Waals surface area contributed by atoms with Gasteiger partial charge in [0.15, 0.2) is 6.10 Å². The first-order valence-electron chi connectivity index (χ1n) is 4.66. The lowest BCUT2D eigenvalue weighted by Gasteiger charge is -2.12. The van der Waals surface area contributed by atoms with Gasteiger partial charge >= 0.3 is 5.97 Å². The van der Waals surface area contributed by atoms with Crippen molar-refractivity contribution in [3.63, 3.8) is 0 Å². The standard InChI is InChI=1S/C10H9Cl2NO3/c11-5-3-7(13)9(4-6(5)12)16-8-1-2-15-10(8)14/h3-4,8H,1-2,13H2. The van der Waals surface area contributed by atoms with E-state index in [0.29, 0.717) is 34.5 Å². The third kappa shape index (κ3) is 2.18. The Morgan fingerprint density at radius 1 is 1.38 bits per heavy atom. The minimum Gasteiger partial charge on any atom is -0.476 e. The van der Waals surface area contributed by atoms with E-state index in [9.17, 15) is 4.79 Å². The van der Waals surface area contributed by atoms with Gasteiger partial charge in [-0.15, -0.1) is 0 Å². The number of benzene rings is 1. The summed E-state index contributed by atoms with van der Waals surface area (Å²) < 4.78 is 10.2. The van der Waals surface area contributed by atoms with Crippen LogP contribution >= 0.6 is 23.2 Å². The van der Waals surface area contributed by atoms with Crippen molar-refractivity contribution in [1.82, 2.24) is 0 Å². The maximum Gasteiger partial charge on any atom is 0.347 e. The van der Waals surface area contributed by atoms with Gasteiger partial charge in [-0.1, -0.05) is 23.2 Å². The molecule has 1 aromatic carbocycles. The Kier molecular flexibility index (Phi) is 3.12. The van der Waals surface area contributed by atoms with E-state index in [0.717, 1.165) is 0 Å². The predicted molar refractivity (Wildman–Crippen MR) is 60.9 cm³/mol. The van der Waals surface area contributed by atoms with Crippen LogP contribution in [0, 0.1) is 0 Å². The van der Waals surface area contributed by atoms with Gasteiger partial charge < -0.3 is 15.2 Å². The maximum atomic E-state index is 11.2. The van der Waals surface area contributed by atoms with Crippen molar-refractivity contribution in [1.29, 1.82) is 0 Å². The van der Waals surface area contributed by atoms with E-state index in [-0.39, 0.29) is 5.97 Å². The SMILES string of the molecule is Nc1cc(Cl)c(Cl)cc1OC1CCOC1=O. The summed E-state index contributed by atoms with van der Waals surface area (Å²) >= 11 is 11.6. The molecular weight excluding hydrogens is 253 g/mol. The van der Waals surface area contributed by atoms with Gasteiger partial charge in [0.2, 0.25) is 0 Å². The summed E-state index contributed by atoms with van der Waals surface area (Å²) in [5.74, 6) is -0.0382. The van der Waals surface area contributed by atoms with Crippen LogP contribution in [0.4, 0.5) is 5.69 Å². The molecule has 0 aliphatic carbocycles. The van der Waals surface area contributed by atoms with Crippen molar-refractivity contribution in [3.05, 3.63) is 22.2 Å². The van der Waals surface area contributed by atoms with Crippen LogP contribution in [0.2, 0.25) is 10.0 Å². The first kappa shape index (κ1) is 11.4. The van der Waals surface area contributed by atoms with Crippen molar-refractivity contribution in [2.24, 2.45) is 0 Å². The number of nitrogen functional groups attached to an aromatic ring is 1. The highest BCUT2D eigenvalue weighted by atomic mass is 35.5. The molecular formula is C10H9Cl2NO3. The minimum atomic E-state index is -0.612.